The summed E-state index contributed by atoms with van der Waals surface area (Å²) in [6, 6.07) is 8.32. The second-order valence-electron chi connectivity index (χ2n) is 5.76. The van der Waals surface area contributed by atoms with E-state index in [2.05, 4.69) is 31.7 Å². The second-order valence-corrected chi connectivity index (χ2v) is 5.76. The first-order chi connectivity index (χ1) is 9.52. The van der Waals surface area contributed by atoms with Crippen LogP contribution >= 0.6 is 0 Å². The number of nitrogens with zero attached hydrogens (tertiary/aromatic N) is 1. The summed E-state index contributed by atoms with van der Waals surface area (Å²) in [7, 11) is 1.71. The number of para-hydroxylation sites is 1. The van der Waals surface area contributed by atoms with Gasteiger partial charge in [-0.3, -0.25) is 4.90 Å². The number of nitrogens with two attached hydrogens (primary N) is 1. The van der Waals surface area contributed by atoms with Crippen LogP contribution in [0.25, 0.3) is 0 Å². The lowest BCUT2D eigenvalue weighted by molar-refractivity contribution is -0.0833. The molecule has 20 heavy (non-hydrogen) atoms. The molecule has 0 aliphatic carbocycles. The van der Waals surface area contributed by atoms with Crippen LogP contribution in [0.5, 0.6) is 5.75 Å². The molecule has 0 amide bonds. The van der Waals surface area contributed by atoms with Crippen LogP contribution in [0.2, 0.25) is 0 Å². The Morgan fingerprint density at radius 3 is 2.40 bits per heavy atom. The van der Waals surface area contributed by atoms with Crippen LogP contribution in [-0.2, 0) is 4.74 Å². The zero-order chi connectivity index (χ0) is 14.7. The number of benzene rings is 1. The number of ether oxygens (including phenoxy) is 2. The van der Waals surface area contributed by atoms with Crippen LogP contribution in [0, 0.1) is 0 Å². The highest BCUT2D eigenvalue weighted by molar-refractivity contribution is 5.36. The van der Waals surface area contributed by atoms with Crippen LogP contribution in [0.4, 0.5) is 0 Å². The molecule has 4 heteroatoms. The van der Waals surface area contributed by atoms with Gasteiger partial charge in [0.1, 0.15) is 5.75 Å². The summed E-state index contributed by atoms with van der Waals surface area (Å²) in [5.74, 6) is 0.904. The van der Waals surface area contributed by atoms with Crippen LogP contribution in [0.15, 0.2) is 24.3 Å². The standard InChI is InChI=1S/C16H26N2O2/c1-11-9-18(10-12(2)20-11)16(13(3)17)14-7-5-6-8-15(14)19-4/h5-8,11-13,16H,9-10,17H2,1-4H3/t11-,12+,13?,16?. The van der Waals surface area contributed by atoms with Gasteiger partial charge in [-0.1, -0.05) is 18.2 Å². The Kier molecular flexibility index (Phi) is 5.02. The maximum Gasteiger partial charge on any atom is 0.123 e. The Labute approximate surface area is 121 Å². The predicted octanol–water partition coefficient (Wildman–Crippen LogP) is 2.19. The fourth-order valence-electron chi connectivity index (χ4n) is 3.17. The number of hydrogen-bond acceptors (Lipinski definition) is 4. The molecule has 0 saturated carbocycles. The molecule has 1 aliphatic heterocycles. The Morgan fingerprint density at radius 1 is 1.25 bits per heavy atom. The quantitative estimate of drug-likeness (QED) is 0.917. The lowest BCUT2D eigenvalue weighted by atomic mass is 9.96. The van der Waals surface area contributed by atoms with E-state index in [9.17, 15) is 0 Å². The minimum Gasteiger partial charge on any atom is -0.496 e. The minimum absolute atomic E-state index is 0.0313. The third-order valence-corrected chi connectivity index (χ3v) is 3.80. The SMILES string of the molecule is COc1ccccc1C(C(C)N)N1C[C@@H](C)O[C@@H](C)C1. The summed E-state index contributed by atoms with van der Waals surface area (Å²) >= 11 is 0. The highest BCUT2D eigenvalue weighted by atomic mass is 16.5. The molecule has 4 atom stereocenters. The average molecular weight is 278 g/mol. The summed E-state index contributed by atoms with van der Waals surface area (Å²) in [6.07, 6.45) is 0.462. The van der Waals surface area contributed by atoms with Gasteiger partial charge in [0.25, 0.3) is 0 Å². The molecule has 2 N–H and O–H groups in total. The van der Waals surface area contributed by atoms with E-state index in [1.165, 1.54) is 0 Å². The Bertz CT molecular complexity index is 426. The van der Waals surface area contributed by atoms with E-state index >= 15 is 0 Å². The lowest BCUT2D eigenvalue weighted by Gasteiger charge is -2.42. The summed E-state index contributed by atoms with van der Waals surface area (Å²) < 4.78 is 11.3. The van der Waals surface area contributed by atoms with Crippen molar-refractivity contribution in [1.29, 1.82) is 0 Å². The number of hydrogen-bond donors (Lipinski definition) is 1. The van der Waals surface area contributed by atoms with Gasteiger partial charge in [0.15, 0.2) is 0 Å². The van der Waals surface area contributed by atoms with Crippen molar-refractivity contribution < 1.29 is 9.47 Å². The molecule has 1 aliphatic rings. The van der Waals surface area contributed by atoms with Crippen molar-refractivity contribution in [1.82, 2.24) is 4.90 Å². The van der Waals surface area contributed by atoms with Gasteiger partial charge in [0.2, 0.25) is 0 Å². The van der Waals surface area contributed by atoms with Gasteiger partial charge < -0.3 is 15.2 Å². The second kappa shape index (κ2) is 6.57. The molecule has 1 aromatic carbocycles. The fourth-order valence-corrected chi connectivity index (χ4v) is 3.17. The van der Waals surface area contributed by atoms with Gasteiger partial charge in [-0.2, -0.15) is 0 Å². The molecule has 112 valence electrons. The summed E-state index contributed by atoms with van der Waals surface area (Å²) in [4.78, 5) is 2.42. The van der Waals surface area contributed by atoms with Gasteiger partial charge in [-0.15, -0.1) is 0 Å². The lowest BCUT2D eigenvalue weighted by Crippen LogP contribution is -2.50. The Hall–Kier alpha value is -1.10. The average Bonchev–Trinajstić information content (AvgIpc) is 2.38. The van der Waals surface area contributed by atoms with Crippen molar-refractivity contribution in [2.75, 3.05) is 20.2 Å². The molecule has 1 saturated heterocycles. The molecule has 0 spiro atoms. The maximum atomic E-state index is 6.28. The van der Waals surface area contributed by atoms with Crippen molar-refractivity contribution in [3.63, 3.8) is 0 Å². The first-order valence-corrected chi connectivity index (χ1v) is 7.31. The Morgan fingerprint density at radius 2 is 1.85 bits per heavy atom. The molecule has 1 heterocycles. The third-order valence-electron chi connectivity index (χ3n) is 3.80. The largest absolute Gasteiger partial charge is 0.496 e. The summed E-state index contributed by atoms with van der Waals surface area (Å²) in [5.41, 5.74) is 7.43. The molecule has 4 nitrogen and oxygen atoms in total. The van der Waals surface area contributed by atoms with E-state index in [-0.39, 0.29) is 24.3 Å². The van der Waals surface area contributed by atoms with E-state index in [1.54, 1.807) is 7.11 Å². The van der Waals surface area contributed by atoms with Crippen molar-refractivity contribution in [2.24, 2.45) is 5.73 Å². The first kappa shape index (κ1) is 15.3. The smallest absolute Gasteiger partial charge is 0.123 e. The number of morpholine rings is 1. The van der Waals surface area contributed by atoms with Crippen LogP contribution < -0.4 is 10.5 Å². The zero-order valence-electron chi connectivity index (χ0n) is 12.9. The minimum atomic E-state index is 0.0313. The van der Waals surface area contributed by atoms with Crippen LogP contribution in [-0.4, -0.2) is 43.3 Å². The van der Waals surface area contributed by atoms with Gasteiger partial charge in [-0.25, -0.2) is 0 Å². The zero-order valence-corrected chi connectivity index (χ0v) is 12.9. The van der Waals surface area contributed by atoms with E-state index in [0.29, 0.717) is 0 Å². The monoisotopic (exact) mass is 278 g/mol. The van der Waals surface area contributed by atoms with Crippen LogP contribution in [0.1, 0.15) is 32.4 Å². The molecular formula is C16H26N2O2. The van der Waals surface area contributed by atoms with Crippen molar-refractivity contribution >= 4 is 0 Å². The van der Waals surface area contributed by atoms with Crippen molar-refractivity contribution in [3.05, 3.63) is 29.8 Å². The van der Waals surface area contributed by atoms with E-state index in [0.717, 1.165) is 24.4 Å². The molecular weight excluding hydrogens is 252 g/mol. The summed E-state index contributed by atoms with van der Waals surface area (Å²) in [5, 5.41) is 0. The highest BCUT2D eigenvalue weighted by Crippen LogP contribution is 2.33. The highest BCUT2D eigenvalue weighted by Gasteiger charge is 2.32. The number of methoxy groups -OCH3 is 1. The van der Waals surface area contributed by atoms with Crippen molar-refractivity contribution in [3.8, 4) is 5.75 Å². The fraction of sp³-hybridized carbons (Fsp3) is 0.625. The van der Waals surface area contributed by atoms with E-state index in [4.69, 9.17) is 15.2 Å². The van der Waals surface area contributed by atoms with Gasteiger partial charge in [-0.05, 0) is 26.8 Å². The third kappa shape index (κ3) is 3.32. The molecule has 0 radical (unpaired) electrons. The van der Waals surface area contributed by atoms with Gasteiger partial charge in [0.05, 0.1) is 25.4 Å². The van der Waals surface area contributed by atoms with Crippen LogP contribution in [0.3, 0.4) is 0 Å². The first-order valence-electron chi connectivity index (χ1n) is 7.31. The van der Waals surface area contributed by atoms with E-state index in [1.807, 2.05) is 18.2 Å². The summed E-state index contributed by atoms with van der Waals surface area (Å²) in [6.45, 7) is 8.08. The molecule has 0 aromatic heterocycles. The normalized spacial score (nSPS) is 27.1. The molecule has 2 unspecified atom stereocenters. The van der Waals surface area contributed by atoms with Gasteiger partial charge in [0, 0.05) is 24.7 Å². The van der Waals surface area contributed by atoms with Crippen molar-refractivity contribution in [2.45, 2.75) is 45.1 Å². The molecule has 1 aromatic rings. The maximum absolute atomic E-state index is 6.28. The molecule has 2 rings (SSSR count). The molecule has 0 bridgehead atoms. The molecule has 1 fully saturated rings. The number of rotatable bonds is 4. The Balaban J connectivity index is 2.31. The topological polar surface area (TPSA) is 47.7 Å². The predicted molar refractivity (Wildman–Crippen MR) is 81.0 cm³/mol. The van der Waals surface area contributed by atoms with Gasteiger partial charge >= 0.3 is 0 Å². The van der Waals surface area contributed by atoms with E-state index < -0.39 is 0 Å².